The molecule has 1 heterocycles. The molecule has 0 bridgehead atoms. The summed E-state index contributed by atoms with van der Waals surface area (Å²) in [6.07, 6.45) is 0.404. The van der Waals surface area contributed by atoms with Crippen molar-refractivity contribution in [3.8, 4) is 0 Å². The highest BCUT2D eigenvalue weighted by Gasteiger charge is 2.27. The molecule has 1 saturated heterocycles. The van der Waals surface area contributed by atoms with Gasteiger partial charge in [-0.15, -0.1) is 0 Å². The number of carbonyl (C=O) groups is 3. The number of hydrogen-bond acceptors (Lipinski definition) is 3. The highest BCUT2D eigenvalue weighted by Crippen LogP contribution is 2.10. The summed E-state index contributed by atoms with van der Waals surface area (Å²) in [5.74, 6) is -2.06. The largest absolute Gasteiger partial charge is 0.481 e. The molecule has 0 aromatic rings. The maximum Gasteiger partial charge on any atom is 0.312 e. The molecule has 12 heavy (non-hydrogen) atoms. The summed E-state index contributed by atoms with van der Waals surface area (Å²) >= 11 is 0. The summed E-state index contributed by atoms with van der Waals surface area (Å²) in [4.78, 5) is 33.0. The van der Waals surface area contributed by atoms with Gasteiger partial charge in [-0.1, -0.05) is 0 Å². The molecular formula is C7H9NO4. The van der Waals surface area contributed by atoms with Crippen molar-refractivity contribution < 1.29 is 19.5 Å². The lowest BCUT2D eigenvalue weighted by Crippen LogP contribution is -2.33. The van der Waals surface area contributed by atoms with E-state index in [4.69, 9.17) is 5.11 Å². The lowest BCUT2D eigenvalue weighted by Gasteiger charge is -2.10. The first-order valence-corrected chi connectivity index (χ1v) is 3.66. The molecule has 1 rings (SSSR count). The van der Waals surface area contributed by atoms with Crippen LogP contribution in [0.15, 0.2) is 0 Å². The number of amides is 2. The maximum absolute atomic E-state index is 11.0. The molecule has 1 aliphatic heterocycles. The van der Waals surface area contributed by atoms with E-state index in [9.17, 15) is 14.4 Å². The maximum atomic E-state index is 11.0. The van der Waals surface area contributed by atoms with Crippen LogP contribution < -0.4 is 0 Å². The van der Waals surface area contributed by atoms with Gasteiger partial charge < -0.3 is 5.11 Å². The van der Waals surface area contributed by atoms with E-state index in [0.29, 0.717) is 19.4 Å². The number of nitrogens with zero attached hydrogens (tertiary/aromatic N) is 1. The van der Waals surface area contributed by atoms with E-state index in [-0.39, 0.29) is 5.91 Å². The summed E-state index contributed by atoms with van der Waals surface area (Å²) < 4.78 is 0. The van der Waals surface area contributed by atoms with Gasteiger partial charge in [-0.25, -0.2) is 0 Å². The molecule has 1 fully saturated rings. The Morgan fingerprint density at radius 3 is 2.58 bits per heavy atom. The zero-order chi connectivity index (χ0) is 9.14. The zero-order valence-electron chi connectivity index (χ0n) is 6.45. The number of carbonyl (C=O) groups excluding carboxylic acids is 2. The SMILES string of the molecule is O=C(O)CC(=O)N1CCCC1=O. The van der Waals surface area contributed by atoms with Crippen LogP contribution in [-0.2, 0) is 14.4 Å². The molecule has 5 nitrogen and oxygen atoms in total. The van der Waals surface area contributed by atoms with Crippen LogP contribution in [0.5, 0.6) is 0 Å². The number of aliphatic carboxylic acids is 1. The second kappa shape index (κ2) is 3.34. The summed E-state index contributed by atoms with van der Waals surface area (Å²) in [5.41, 5.74) is 0. The second-order valence-corrected chi connectivity index (χ2v) is 2.61. The predicted molar refractivity (Wildman–Crippen MR) is 38.2 cm³/mol. The average Bonchev–Trinajstić information content (AvgIpc) is 2.33. The fourth-order valence-electron chi connectivity index (χ4n) is 1.14. The monoisotopic (exact) mass is 171 g/mol. The molecule has 0 atom stereocenters. The lowest BCUT2D eigenvalue weighted by molar-refractivity contribution is -0.147. The molecule has 1 N–H and O–H groups in total. The van der Waals surface area contributed by atoms with Gasteiger partial charge in [-0.05, 0) is 6.42 Å². The Hall–Kier alpha value is -1.39. The summed E-state index contributed by atoms with van der Waals surface area (Å²) in [6, 6.07) is 0. The Labute approximate surface area is 69.0 Å². The van der Waals surface area contributed by atoms with Crippen molar-refractivity contribution in [2.45, 2.75) is 19.3 Å². The van der Waals surface area contributed by atoms with Gasteiger partial charge in [-0.3, -0.25) is 19.3 Å². The fourth-order valence-corrected chi connectivity index (χ4v) is 1.14. The van der Waals surface area contributed by atoms with Crippen LogP contribution in [0.25, 0.3) is 0 Å². The number of carboxylic acids is 1. The highest BCUT2D eigenvalue weighted by molar-refractivity contribution is 6.03. The molecule has 1 aliphatic rings. The third-order valence-electron chi connectivity index (χ3n) is 1.68. The molecule has 0 radical (unpaired) electrons. The molecule has 0 saturated carbocycles. The quantitative estimate of drug-likeness (QED) is 0.574. The van der Waals surface area contributed by atoms with Gasteiger partial charge in [0.15, 0.2) is 0 Å². The van der Waals surface area contributed by atoms with E-state index in [2.05, 4.69) is 0 Å². The van der Waals surface area contributed by atoms with E-state index in [1.807, 2.05) is 0 Å². The zero-order valence-corrected chi connectivity index (χ0v) is 6.45. The van der Waals surface area contributed by atoms with Crippen molar-refractivity contribution in [1.82, 2.24) is 4.90 Å². The molecular weight excluding hydrogens is 162 g/mol. The van der Waals surface area contributed by atoms with E-state index in [0.717, 1.165) is 4.90 Å². The van der Waals surface area contributed by atoms with Crippen molar-refractivity contribution in [1.29, 1.82) is 0 Å². The minimum atomic E-state index is -1.19. The smallest absolute Gasteiger partial charge is 0.312 e. The molecule has 0 spiro atoms. The number of imide groups is 1. The van der Waals surface area contributed by atoms with Crippen molar-refractivity contribution in [3.63, 3.8) is 0 Å². The molecule has 2 amide bonds. The van der Waals surface area contributed by atoms with Crippen LogP contribution in [0.1, 0.15) is 19.3 Å². The topological polar surface area (TPSA) is 74.7 Å². The van der Waals surface area contributed by atoms with Crippen LogP contribution in [0, 0.1) is 0 Å². The molecule has 5 heteroatoms. The van der Waals surface area contributed by atoms with Gasteiger partial charge in [0.05, 0.1) is 0 Å². The predicted octanol–water partition coefficient (Wildman–Crippen LogP) is -0.390. The van der Waals surface area contributed by atoms with E-state index >= 15 is 0 Å². The normalized spacial score (nSPS) is 16.7. The Kier molecular flexibility index (Phi) is 2.42. The van der Waals surface area contributed by atoms with Crippen LogP contribution in [0.4, 0.5) is 0 Å². The first kappa shape index (κ1) is 8.70. The van der Waals surface area contributed by atoms with Gasteiger partial charge in [-0.2, -0.15) is 0 Å². The number of carboxylic acid groups (broad SMARTS) is 1. The Balaban J connectivity index is 2.52. The van der Waals surface area contributed by atoms with Crippen LogP contribution in [0.3, 0.4) is 0 Å². The third kappa shape index (κ3) is 1.81. The molecule has 0 aliphatic carbocycles. The van der Waals surface area contributed by atoms with Gasteiger partial charge in [0.1, 0.15) is 6.42 Å². The Morgan fingerprint density at radius 1 is 1.50 bits per heavy atom. The van der Waals surface area contributed by atoms with E-state index in [1.54, 1.807) is 0 Å². The van der Waals surface area contributed by atoms with E-state index in [1.165, 1.54) is 0 Å². The Bertz CT molecular complexity index is 236. The van der Waals surface area contributed by atoms with Crippen molar-refractivity contribution in [2.24, 2.45) is 0 Å². The summed E-state index contributed by atoms with van der Waals surface area (Å²) in [6.45, 7) is 0.366. The number of rotatable bonds is 2. The van der Waals surface area contributed by atoms with E-state index < -0.39 is 18.3 Å². The van der Waals surface area contributed by atoms with Crippen LogP contribution in [0.2, 0.25) is 0 Å². The van der Waals surface area contributed by atoms with Crippen molar-refractivity contribution >= 4 is 17.8 Å². The van der Waals surface area contributed by atoms with Crippen molar-refractivity contribution in [3.05, 3.63) is 0 Å². The minimum absolute atomic E-state index is 0.263. The number of likely N-dealkylation sites (tertiary alicyclic amines) is 1. The molecule has 0 aromatic heterocycles. The third-order valence-corrected chi connectivity index (χ3v) is 1.68. The first-order chi connectivity index (χ1) is 5.61. The van der Waals surface area contributed by atoms with Crippen LogP contribution >= 0.6 is 0 Å². The first-order valence-electron chi connectivity index (χ1n) is 3.66. The van der Waals surface area contributed by atoms with Crippen LogP contribution in [-0.4, -0.2) is 34.3 Å². The second-order valence-electron chi connectivity index (χ2n) is 2.61. The average molecular weight is 171 g/mol. The fraction of sp³-hybridized carbons (Fsp3) is 0.571. The van der Waals surface area contributed by atoms with Crippen molar-refractivity contribution in [2.75, 3.05) is 6.54 Å². The van der Waals surface area contributed by atoms with Gasteiger partial charge in [0.2, 0.25) is 11.8 Å². The summed E-state index contributed by atoms with van der Waals surface area (Å²) in [7, 11) is 0. The highest BCUT2D eigenvalue weighted by atomic mass is 16.4. The minimum Gasteiger partial charge on any atom is -0.481 e. The number of hydrogen-bond donors (Lipinski definition) is 1. The van der Waals surface area contributed by atoms with Gasteiger partial charge in [0, 0.05) is 13.0 Å². The molecule has 0 aromatic carbocycles. The molecule has 0 unspecified atom stereocenters. The standard InChI is InChI=1S/C7H9NO4/c9-5-2-1-3-8(5)6(10)4-7(11)12/h1-4H2,(H,11,12). The van der Waals surface area contributed by atoms with Gasteiger partial charge in [0.25, 0.3) is 0 Å². The van der Waals surface area contributed by atoms with Gasteiger partial charge >= 0.3 is 5.97 Å². The molecule has 66 valence electrons. The summed E-state index contributed by atoms with van der Waals surface area (Å²) in [5, 5.41) is 8.27. The Morgan fingerprint density at radius 2 is 2.17 bits per heavy atom. The lowest BCUT2D eigenvalue weighted by atomic mass is 10.4.